The Morgan fingerprint density at radius 3 is 1.70 bits per heavy atom. The number of carboxylic acid groups (broad SMARTS) is 4. The van der Waals surface area contributed by atoms with Gasteiger partial charge in [0.05, 0.1) is 44.4 Å². The minimum atomic E-state index is -1.89. The van der Waals surface area contributed by atoms with E-state index >= 15 is 19.2 Å². The monoisotopic (exact) mass is 1480 g/mol. The zero-order valence-electron chi connectivity index (χ0n) is 58.8. The van der Waals surface area contributed by atoms with Gasteiger partial charge in [0.25, 0.3) is 0 Å². The van der Waals surface area contributed by atoms with Crippen molar-refractivity contribution >= 4 is 98.2 Å². The molecule has 3 aromatic carbocycles. The molecule has 3 aliphatic rings. The summed E-state index contributed by atoms with van der Waals surface area (Å²) >= 11 is 0. The molecule has 0 bridgehead atoms. The number of phenols is 1. The summed E-state index contributed by atoms with van der Waals surface area (Å²) in [6.07, 6.45) is -1.17. The topological polar surface area (TPSA) is 456 Å². The average Bonchev–Trinajstić information content (AvgIpc) is 1.71. The number of nitrogens with zero attached hydrogens (tertiary/aromatic N) is 4. The lowest BCUT2D eigenvalue weighted by atomic mass is 9.90. The van der Waals surface area contributed by atoms with Crippen molar-refractivity contribution in [1.82, 2.24) is 62.1 Å². The van der Waals surface area contributed by atoms with Crippen LogP contribution in [0, 0.1) is 5.92 Å². The van der Waals surface area contributed by atoms with E-state index < -0.39 is 163 Å². The van der Waals surface area contributed by atoms with E-state index in [4.69, 9.17) is 0 Å². The third-order valence-electron chi connectivity index (χ3n) is 17.3. The van der Waals surface area contributed by atoms with Gasteiger partial charge in [-0.05, 0) is 99.5 Å². The third kappa shape index (κ3) is 29.6. The van der Waals surface area contributed by atoms with Crippen molar-refractivity contribution in [2.75, 3.05) is 104 Å². The van der Waals surface area contributed by atoms with Crippen LogP contribution in [0.2, 0.25) is 0 Å². The number of benzene rings is 3. The number of rotatable bonds is 27. The van der Waals surface area contributed by atoms with E-state index in [9.17, 15) is 74.1 Å². The van der Waals surface area contributed by atoms with Crippen LogP contribution in [-0.2, 0) is 76.8 Å². The summed E-state index contributed by atoms with van der Waals surface area (Å²) in [4.78, 5) is 173. The van der Waals surface area contributed by atoms with E-state index in [1.807, 2.05) is 44.2 Å². The van der Waals surface area contributed by atoms with E-state index in [0.29, 0.717) is 42.5 Å². The number of phenolic OH excluding ortho intramolecular Hbond substituents is 1. The number of hydrogen-bond acceptors (Lipinski definition) is 22. The van der Waals surface area contributed by atoms with E-state index in [0.717, 1.165) is 39.6 Å². The first-order valence-corrected chi connectivity index (χ1v) is 36.9. The fourth-order valence-electron chi connectivity index (χ4n) is 11.8. The maximum Gasteiger partial charge on any atom is 0.328 e. The Labute approximate surface area is 606 Å². The molecule has 3 aromatic rings. The first kappa shape index (κ1) is 85.1. The van der Waals surface area contributed by atoms with Gasteiger partial charge in [-0.2, -0.15) is 0 Å². The second kappa shape index (κ2) is 44.2. The van der Waals surface area contributed by atoms with Gasteiger partial charge < -0.3 is 78.3 Å². The van der Waals surface area contributed by atoms with Crippen LogP contribution >= 0.6 is 21.6 Å². The number of ketones is 1. The molecular formula is C70H100N12O19S2. The van der Waals surface area contributed by atoms with Crippen LogP contribution in [0.15, 0.2) is 84.9 Å². The molecule has 2 saturated heterocycles. The molecule has 2 heterocycles. The smallest absolute Gasteiger partial charge is 0.328 e. The highest BCUT2D eigenvalue weighted by Gasteiger charge is 2.38. The summed E-state index contributed by atoms with van der Waals surface area (Å²) in [6, 6.07) is 10.5. The Morgan fingerprint density at radius 1 is 0.602 bits per heavy atom. The molecule has 2 fully saturated rings. The first-order chi connectivity index (χ1) is 49.2. The molecular weight excluding hydrogens is 1380 g/mol. The van der Waals surface area contributed by atoms with Crippen molar-refractivity contribution < 1.29 is 93.3 Å². The molecule has 10 atom stereocenters. The SMILES string of the molecule is CC.CNCCCC[C@@H]1NC(=O)[C@@H](CC2=CCc3ccccc32)NC(=O)[C@H](Cc2ccc(O)cc2)CC(=O)[C@@H](NC(=O)[C@@H](Cc2ccccc2)NC(=O)CN2CCN(CC(=O)O)CCN(CC(=O)O)CCN(CC(=O)O)CC2)CSSC[C@@H](C(=O)N[C@H](C(=O)O)[C@@H](C)O)NC(=O)[C@H]([C@@H](C)O)NC1=O. The number of aliphatic hydroxyl groups is 2. The summed E-state index contributed by atoms with van der Waals surface area (Å²) in [7, 11) is 3.48. The van der Waals surface area contributed by atoms with Gasteiger partial charge >= 0.3 is 23.9 Å². The van der Waals surface area contributed by atoms with Gasteiger partial charge in [-0.25, -0.2) is 4.79 Å². The third-order valence-corrected chi connectivity index (χ3v) is 19.8. The van der Waals surface area contributed by atoms with Gasteiger partial charge in [0.2, 0.25) is 41.4 Å². The van der Waals surface area contributed by atoms with Crippen molar-refractivity contribution in [2.24, 2.45) is 5.92 Å². The molecule has 31 nitrogen and oxygen atoms in total. The number of aromatic hydroxyl groups is 1. The average molecular weight is 1480 g/mol. The number of unbranched alkanes of at least 4 members (excludes halogenated alkanes) is 1. The summed E-state index contributed by atoms with van der Waals surface area (Å²) in [5.41, 5.74) is 3.44. The summed E-state index contributed by atoms with van der Waals surface area (Å²) in [6.45, 7) is 5.88. The Balaban J connectivity index is 0.00000945. The summed E-state index contributed by atoms with van der Waals surface area (Å²) in [5.74, 6) is -14.5. The molecule has 103 heavy (non-hydrogen) atoms. The maximum atomic E-state index is 15.4. The number of aliphatic hydroxyl groups excluding tert-OH is 2. The van der Waals surface area contributed by atoms with Gasteiger partial charge in [-0.1, -0.05) is 108 Å². The van der Waals surface area contributed by atoms with Crippen molar-refractivity contribution in [2.45, 2.75) is 134 Å². The van der Waals surface area contributed by atoms with Gasteiger partial charge in [0.1, 0.15) is 36.0 Å². The highest BCUT2D eigenvalue weighted by atomic mass is 33.1. The summed E-state index contributed by atoms with van der Waals surface area (Å²) in [5, 5.41) is 92.6. The lowest BCUT2D eigenvalue weighted by Crippen LogP contribution is -2.62. The van der Waals surface area contributed by atoms with E-state index in [2.05, 4.69) is 42.5 Å². The largest absolute Gasteiger partial charge is 0.508 e. The number of Topliss-reactive ketones (excluding diaryl/α,β-unsaturated/α-hetero) is 1. The van der Waals surface area contributed by atoms with E-state index in [1.165, 1.54) is 31.2 Å². The molecule has 7 amide bonds. The van der Waals surface area contributed by atoms with Crippen LogP contribution in [0.1, 0.15) is 82.1 Å². The zero-order chi connectivity index (χ0) is 75.7. The van der Waals surface area contributed by atoms with E-state index in [1.54, 1.807) is 57.0 Å². The molecule has 33 heteroatoms. The van der Waals surface area contributed by atoms with Crippen molar-refractivity contribution in [3.63, 3.8) is 0 Å². The quantitative estimate of drug-likeness (QED) is 0.0332. The Kier molecular flexibility index (Phi) is 36.5. The normalized spacial score (nSPS) is 21.9. The predicted octanol–water partition coefficient (Wildman–Crippen LogP) is -0.691. The maximum absolute atomic E-state index is 15.4. The highest BCUT2D eigenvalue weighted by molar-refractivity contribution is 8.76. The first-order valence-electron chi connectivity index (χ1n) is 34.4. The number of fused-ring (bicyclic) bond motifs is 1. The molecule has 566 valence electrons. The molecule has 0 unspecified atom stereocenters. The highest BCUT2D eigenvalue weighted by Crippen LogP contribution is 2.31. The number of allylic oxidation sites excluding steroid dienone is 1. The Morgan fingerprint density at radius 2 is 1.15 bits per heavy atom. The van der Waals surface area contributed by atoms with Gasteiger partial charge in [0, 0.05) is 89.0 Å². The van der Waals surface area contributed by atoms with Crippen LogP contribution in [0.25, 0.3) is 5.57 Å². The molecule has 0 spiro atoms. The van der Waals surface area contributed by atoms with Crippen LogP contribution < -0.4 is 42.5 Å². The number of nitrogens with one attached hydrogen (secondary N) is 8. The second-order valence-corrected chi connectivity index (χ2v) is 27.9. The minimum Gasteiger partial charge on any atom is -0.508 e. The van der Waals surface area contributed by atoms with Crippen LogP contribution in [0.4, 0.5) is 0 Å². The zero-order valence-corrected chi connectivity index (χ0v) is 60.4. The fraction of sp³-hybridized carbons (Fsp3) is 0.543. The Bertz CT molecular complexity index is 3340. The van der Waals surface area contributed by atoms with Crippen LogP contribution in [0.3, 0.4) is 0 Å². The molecule has 6 rings (SSSR count). The molecule has 0 aromatic heterocycles. The van der Waals surface area contributed by atoms with Gasteiger partial charge in [0.15, 0.2) is 11.8 Å². The van der Waals surface area contributed by atoms with E-state index in [-0.39, 0.29) is 96.1 Å². The molecule has 1 aliphatic carbocycles. The lowest BCUT2D eigenvalue weighted by Gasteiger charge is -2.33. The van der Waals surface area contributed by atoms with Crippen molar-refractivity contribution in [1.29, 1.82) is 0 Å². The number of carboxylic acids is 4. The summed E-state index contributed by atoms with van der Waals surface area (Å²) < 4.78 is 0. The number of carbonyl (C=O) groups excluding carboxylic acids is 8. The molecule has 15 N–H and O–H groups in total. The minimum absolute atomic E-state index is 0.0169. The molecule has 2 aliphatic heterocycles. The number of amides is 7. The number of aliphatic carboxylic acids is 4. The van der Waals surface area contributed by atoms with Crippen molar-refractivity contribution in [3.8, 4) is 5.75 Å². The fourth-order valence-corrected chi connectivity index (χ4v) is 14.1. The van der Waals surface area contributed by atoms with Crippen molar-refractivity contribution in [3.05, 3.63) is 107 Å². The number of carbonyl (C=O) groups is 12. The predicted molar refractivity (Wildman–Crippen MR) is 385 cm³/mol. The Hall–Kier alpha value is -8.54. The van der Waals surface area contributed by atoms with Crippen LogP contribution in [-0.4, -0.2) is 284 Å². The molecule has 0 saturated carbocycles. The number of hydrogen-bond donors (Lipinski definition) is 15. The van der Waals surface area contributed by atoms with Crippen LogP contribution in [0.5, 0.6) is 5.75 Å². The second-order valence-electron chi connectivity index (χ2n) is 25.3. The standard InChI is InChI=1S/C68H94N12O19S2.C2H6/c1-41(81)60-67(97)74-54(66(96)76-61(42(2)82)68(98)99)40-101-100-39-53(73-64(94)51(32-43-11-5-4-6-12-43)70-56(85)35-77-23-25-78(36-57(86)87)27-29-80(38-59(90)91)30-28-79(26-24-77)37-58(88)89)55(84)34-47(31-44-16-20-48(83)21-17-44)62(92)72-52(33-46-19-18-45-13-7-8-14-49(45)46)65(95)71-50(63(93)75-60)15-9-10-22-69-3;1-2/h4-8,11-14,16-17,19-21,41-42,47,50-54,60-61,69,81-83H,9-10,15,18,22-40H2,1-3H3,(H,70,85)(H,71,95)(H,72,92)(H,73,94)(H,74,97)(H,75,93)(H,76,96)(H,86,87)(H,88,89)(H,90,91)(H,98,99);1-2H3/t41-,42-,47-,50+,51-,52-,53+,54+,60+,61+;/m1./s1. The van der Waals surface area contributed by atoms with Gasteiger partial charge in [-0.3, -0.25) is 72.3 Å². The molecule has 0 radical (unpaired) electrons. The van der Waals surface area contributed by atoms with Gasteiger partial charge in [-0.15, -0.1) is 0 Å². The lowest BCUT2D eigenvalue weighted by molar-refractivity contribution is -0.145.